The molecule has 1 saturated carbocycles. The van der Waals surface area contributed by atoms with Crippen LogP contribution >= 0.6 is 0 Å². The van der Waals surface area contributed by atoms with Gasteiger partial charge in [-0.3, -0.25) is 5.32 Å². The van der Waals surface area contributed by atoms with Crippen LogP contribution in [0.25, 0.3) is 0 Å². The predicted molar refractivity (Wildman–Crippen MR) is 66.8 cm³/mol. The Hall–Kier alpha value is -1.07. The molecule has 19 heavy (non-hydrogen) atoms. The highest BCUT2D eigenvalue weighted by Crippen LogP contribution is 2.35. The van der Waals surface area contributed by atoms with Crippen molar-refractivity contribution in [3.8, 4) is 0 Å². The predicted octanol–water partition coefficient (Wildman–Crippen LogP) is 3.45. The third kappa shape index (κ3) is 3.70. The van der Waals surface area contributed by atoms with Crippen LogP contribution in [0, 0.1) is 0 Å². The molecule has 0 radical (unpaired) electrons. The SMILES string of the molecule is CCOC1CC(NC(c2ccccc2)C(F)(F)F)C1. The molecule has 0 heterocycles. The molecule has 0 spiro atoms. The van der Waals surface area contributed by atoms with E-state index in [1.165, 1.54) is 12.1 Å². The number of hydrogen-bond acceptors (Lipinski definition) is 2. The normalized spacial score (nSPS) is 24.8. The van der Waals surface area contributed by atoms with E-state index in [1.54, 1.807) is 18.2 Å². The first kappa shape index (κ1) is 14.3. The lowest BCUT2D eigenvalue weighted by Crippen LogP contribution is -2.49. The number of halogens is 3. The minimum absolute atomic E-state index is 0.104. The van der Waals surface area contributed by atoms with Gasteiger partial charge in [-0.1, -0.05) is 30.3 Å². The van der Waals surface area contributed by atoms with E-state index in [1.807, 2.05) is 6.92 Å². The van der Waals surface area contributed by atoms with Gasteiger partial charge in [-0.2, -0.15) is 13.2 Å². The monoisotopic (exact) mass is 273 g/mol. The number of ether oxygens (including phenoxy) is 1. The maximum atomic E-state index is 13.1. The number of alkyl halides is 3. The van der Waals surface area contributed by atoms with Crippen LogP contribution in [0.4, 0.5) is 13.2 Å². The standard InChI is InChI=1S/C14H18F3NO/c1-2-19-12-8-11(9-12)18-13(14(15,16)17)10-6-4-3-5-7-10/h3-7,11-13,18H,2,8-9H2,1H3. The van der Waals surface area contributed by atoms with Crippen LogP contribution < -0.4 is 5.32 Å². The fourth-order valence-electron chi connectivity index (χ4n) is 2.33. The summed E-state index contributed by atoms with van der Waals surface area (Å²) in [6.07, 6.45) is -2.88. The third-order valence-electron chi connectivity index (χ3n) is 3.36. The summed E-state index contributed by atoms with van der Waals surface area (Å²) in [5.74, 6) is 0. The van der Waals surface area contributed by atoms with Gasteiger partial charge in [-0.15, -0.1) is 0 Å². The van der Waals surface area contributed by atoms with Gasteiger partial charge in [0.25, 0.3) is 0 Å². The van der Waals surface area contributed by atoms with Crippen molar-refractivity contribution in [2.75, 3.05) is 6.61 Å². The van der Waals surface area contributed by atoms with E-state index in [0.717, 1.165) is 0 Å². The number of hydrogen-bond donors (Lipinski definition) is 1. The molecule has 0 amide bonds. The molecule has 2 nitrogen and oxygen atoms in total. The zero-order valence-corrected chi connectivity index (χ0v) is 10.8. The summed E-state index contributed by atoms with van der Waals surface area (Å²) < 4.78 is 44.6. The molecule has 1 unspecified atom stereocenters. The first-order valence-corrected chi connectivity index (χ1v) is 6.50. The fraction of sp³-hybridized carbons (Fsp3) is 0.571. The van der Waals surface area contributed by atoms with Crippen LogP contribution in [0.1, 0.15) is 31.4 Å². The van der Waals surface area contributed by atoms with Gasteiger partial charge in [0.1, 0.15) is 6.04 Å². The summed E-state index contributed by atoms with van der Waals surface area (Å²) in [6, 6.07) is 6.25. The quantitative estimate of drug-likeness (QED) is 0.887. The highest BCUT2D eigenvalue weighted by molar-refractivity contribution is 5.20. The van der Waals surface area contributed by atoms with Crippen LogP contribution in [0.2, 0.25) is 0 Å². The number of benzene rings is 1. The van der Waals surface area contributed by atoms with Gasteiger partial charge in [0.2, 0.25) is 0 Å². The second-order valence-electron chi connectivity index (χ2n) is 4.80. The highest BCUT2D eigenvalue weighted by atomic mass is 19.4. The van der Waals surface area contributed by atoms with E-state index >= 15 is 0 Å². The van der Waals surface area contributed by atoms with Crippen molar-refractivity contribution in [1.29, 1.82) is 0 Å². The molecule has 2 rings (SSSR count). The van der Waals surface area contributed by atoms with Gasteiger partial charge in [-0.05, 0) is 25.3 Å². The summed E-state index contributed by atoms with van der Waals surface area (Å²) in [7, 11) is 0. The lowest BCUT2D eigenvalue weighted by Gasteiger charge is -2.38. The summed E-state index contributed by atoms with van der Waals surface area (Å²) >= 11 is 0. The smallest absolute Gasteiger partial charge is 0.378 e. The van der Waals surface area contributed by atoms with E-state index < -0.39 is 12.2 Å². The Morgan fingerprint density at radius 1 is 1.26 bits per heavy atom. The molecule has 0 bridgehead atoms. The van der Waals surface area contributed by atoms with Crippen molar-refractivity contribution in [2.45, 2.75) is 44.1 Å². The topological polar surface area (TPSA) is 21.3 Å². The Morgan fingerprint density at radius 2 is 1.89 bits per heavy atom. The van der Waals surface area contributed by atoms with Crippen molar-refractivity contribution in [3.63, 3.8) is 0 Å². The molecule has 0 aliphatic heterocycles. The van der Waals surface area contributed by atoms with Crippen molar-refractivity contribution in [2.24, 2.45) is 0 Å². The van der Waals surface area contributed by atoms with Gasteiger partial charge in [0.15, 0.2) is 0 Å². The molecule has 106 valence electrons. The molecule has 1 N–H and O–H groups in total. The van der Waals surface area contributed by atoms with E-state index in [2.05, 4.69) is 5.32 Å². The third-order valence-corrected chi connectivity index (χ3v) is 3.36. The lowest BCUT2D eigenvalue weighted by molar-refractivity contribution is -0.163. The van der Waals surface area contributed by atoms with Gasteiger partial charge < -0.3 is 4.74 Å². The van der Waals surface area contributed by atoms with Crippen LogP contribution in [-0.4, -0.2) is 24.9 Å². The van der Waals surface area contributed by atoms with Crippen molar-refractivity contribution in [1.82, 2.24) is 5.32 Å². The number of nitrogens with one attached hydrogen (secondary N) is 1. The summed E-state index contributed by atoms with van der Waals surface area (Å²) in [6.45, 7) is 2.50. The van der Waals surface area contributed by atoms with Crippen molar-refractivity contribution >= 4 is 0 Å². The van der Waals surface area contributed by atoms with Gasteiger partial charge in [0, 0.05) is 12.6 Å². The van der Waals surface area contributed by atoms with Gasteiger partial charge >= 0.3 is 6.18 Å². The Morgan fingerprint density at radius 3 is 2.42 bits per heavy atom. The van der Waals surface area contributed by atoms with Crippen LogP contribution in [0.15, 0.2) is 30.3 Å². The maximum absolute atomic E-state index is 13.1. The number of rotatable bonds is 5. The molecule has 1 aromatic rings. The molecule has 1 atom stereocenters. The fourth-order valence-corrected chi connectivity index (χ4v) is 2.33. The zero-order valence-electron chi connectivity index (χ0n) is 10.8. The van der Waals surface area contributed by atoms with E-state index in [-0.39, 0.29) is 17.7 Å². The average Bonchev–Trinajstić information content (AvgIpc) is 2.31. The lowest BCUT2D eigenvalue weighted by atomic mass is 9.88. The first-order chi connectivity index (χ1) is 9.00. The second kappa shape index (κ2) is 5.92. The molecule has 1 aromatic carbocycles. The molecule has 1 fully saturated rings. The molecule has 1 aliphatic rings. The van der Waals surface area contributed by atoms with Crippen LogP contribution in [0.5, 0.6) is 0 Å². The zero-order chi connectivity index (χ0) is 13.9. The molecular weight excluding hydrogens is 255 g/mol. The molecule has 1 aliphatic carbocycles. The van der Waals surface area contributed by atoms with Crippen LogP contribution in [0.3, 0.4) is 0 Å². The van der Waals surface area contributed by atoms with Crippen LogP contribution in [-0.2, 0) is 4.74 Å². The summed E-state index contributed by atoms with van der Waals surface area (Å²) in [4.78, 5) is 0. The molecule has 5 heteroatoms. The van der Waals surface area contributed by atoms with E-state index in [9.17, 15) is 13.2 Å². The first-order valence-electron chi connectivity index (χ1n) is 6.50. The Kier molecular flexibility index (Phi) is 4.47. The van der Waals surface area contributed by atoms with Gasteiger partial charge in [-0.25, -0.2) is 0 Å². The molecular formula is C14H18F3NO. The average molecular weight is 273 g/mol. The van der Waals surface area contributed by atoms with E-state index in [0.29, 0.717) is 19.4 Å². The molecule has 0 saturated heterocycles. The summed E-state index contributed by atoms with van der Waals surface area (Å²) in [5, 5.41) is 2.69. The minimum atomic E-state index is -4.28. The maximum Gasteiger partial charge on any atom is 0.407 e. The molecule has 0 aromatic heterocycles. The Labute approximate surface area is 111 Å². The largest absolute Gasteiger partial charge is 0.407 e. The van der Waals surface area contributed by atoms with Crippen molar-refractivity contribution in [3.05, 3.63) is 35.9 Å². The van der Waals surface area contributed by atoms with Gasteiger partial charge in [0.05, 0.1) is 6.10 Å². The summed E-state index contributed by atoms with van der Waals surface area (Å²) in [5.41, 5.74) is 0.259. The second-order valence-corrected chi connectivity index (χ2v) is 4.80. The highest BCUT2D eigenvalue weighted by Gasteiger charge is 2.43. The van der Waals surface area contributed by atoms with E-state index in [4.69, 9.17) is 4.74 Å². The Balaban J connectivity index is 1.97. The Bertz CT molecular complexity index is 387. The van der Waals surface area contributed by atoms with Crippen molar-refractivity contribution < 1.29 is 17.9 Å². The minimum Gasteiger partial charge on any atom is -0.378 e.